The van der Waals surface area contributed by atoms with Crippen LogP contribution in [0, 0.1) is 0 Å². The Morgan fingerprint density at radius 2 is 1.67 bits per heavy atom. The van der Waals surface area contributed by atoms with Gasteiger partial charge >= 0.3 is 0 Å². The van der Waals surface area contributed by atoms with Crippen molar-refractivity contribution in [2.24, 2.45) is 0 Å². The van der Waals surface area contributed by atoms with Gasteiger partial charge in [0.05, 0.1) is 6.04 Å². The summed E-state index contributed by atoms with van der Waals surface area (Å²) >= 11 is 0. The molecule has 2 rings (SSSR count). The smallest absolute Gasteiger partial charge is 0.251 e. The van der Waals surface area contributed by atoms with Crippen molar-refractivity contribution in [2.75, 3.05) is 5.73 Å². The Kier molecular flexibility index (Phi) is 3.63. The van der Waals surface area contributed by atoms with Crippen LogP contribution in [0.25, 0.3) is 0 Å². The second kappa shape index (κ2) is 5.36. The van der Waals surface area contributed by atoms with Gasteiger partial charge in [-0.05, 0) is 36.8 Å². The summed E-state index contributed by atoms with van der Waals surface area (Å²) in [6.45, 7) is 1.95. The lowest BCUT2D eigenvalue weighted by Gasteiger charge is -2.14. The number of nitrogens with one attached hydrogen (secondary N) is 1. The van der Waals surface area contributed by atoms with Gasteiger partial charge in [0.2, 0.25) is 0 Å². The number of nitrogen functional groups attached to an aromatic ring is 1. The maximum Gasteiger partial charge on any atom is 0.251 e. The Bertz CT molecular complexity index is 520. The number of carbonyl (C=O) groups excluding carboxylic acids is 1. The minimum atomic E-state index is -0.0695. The van der Waals surface area contributed by atoms with Crippen LogP contribution in [0.5, 0.6) is 0 Å². The van der Waals surface area contributed by atoms with E-state index in [9.17, 15) is 4.79 Å². The Labute approximate surface area is 107 Å². The molecular weight excluding hydrogens is 224 g/mol. The van der Waals surface area contributed by atoms with Crippen LogP contribution < -0.4 is 11.1 Å². The molecule has 3 nitrogen and oxygen atoms in total. The molecule has 0 bridgehead atoms. The van der Waals surface area contributed by atoms with Crippen LogP contribution in [0.2, 0.25) is 0 Å². The zero-order chi connectivity index (χ0) is 13.0. The minimum absolute atomic E-state index is 0.0432. The highest BCUT2D eigenvalue weighted by Crippen LogP contribution is 2.14. The molecule has 0 aliphatic carbocycles. The monoisotopic (exact) mass is 240 g/mol. The largest absolute Gasteiger partial charge is 0.399 e. The quantitative estimate of drug-likeness (QED) is 0.810. The summed E-state index contributed by atoms with van der Waals surface area (Å²) < 4.78 is 0. The molecular formula is C15H16N2O. The molecule has 3 N–H and O–H groups in total. The van der Waals surface area contributed by atoms with E-state index in [1.807, 2.05) is 49.4 Å². The van der Waals surface area contributed by atoms with Crippen molar-refractivity contribution >= 4 is 11.6 Å². The summed E-state index contributed by atoms with van der Waals surface area (Å²) in [6.07, 6.45) is 0. The lowest BCUT2D eigenvalue weighted by atomic mass is 10.1. The van der Waals surface area contributed by atoms with E-state index in [0.717, 1.165) is 11.3 Å². The summed E-state index contributed by atoms with van der Waals surface area (Å²) in [6, 6.07) is 16.7. The standard InChI is InChI=1S/C15H16N2O/c1-11(12-7-9-14(16)10-8-12)17-15(18)13-5-3-2-4-6-13/h2-11H,16H2,1H3,(H,17,18)/t11-/m1/s1. The number of benzene rings is 2. The molecule has 3 heteroatoms. The fourth-order valence-electron chi connectivity index (χ4n) is 1.74. The Hall–Kier alpha value is -2.29. The van der Waals surface area contributed by atoms with Gasteiger partial charge in [0.1, 0.15) is 0 Å². The number of hydrogen-bond acceptors (Lipinski definition) is 2. The predicted octanol–water partition coefficient (Wildman–Crippen LogP) is 2.76. The van der Waals surface area contributed by atoms with Crippen LogP contribution >= 0.6 is 0 Å². The highest BCUT2D eigenvalue weighted by molar-refractivity contribution is 5.94. The van der Waals surface area contributed by atoms with Gasteiger partial charge in [0.25, 0.3) is 5.91 Å². The van der Waals surface area contributed by atoms with Crippen molar-refractivity contribution in [3.63, 3.8) is 0 Å². The van der Waals surface area contributed by atoms with Gasteiger partial charge in [-0.25, -0.2) is 0 Å². The number of carbonyl (C=O) groups is 1. The van der Waals surface area contributed by atoms with Gasteiger partial charge in [-0.3, -0.25) is 4.79 Å². The Morgan fingerprint density at radius 1 is 1.06 bits per heavy atom. The molecule has 0 heterocycles. The van der Waals surface area contributed by atoms with Gasteiger partial charge in [0, 0.05) is 11.3 Å². The molecule has 0 spiro atoms. The second-order valence-electron chi connectivity index (χ2n) is 4.23. The lowest BCUT2D eigenvalue weighted by Crippen LogP contribution is -2.26. The SMILES string of the molecule is C[C@@H](NC(=O)c1ccccc1)c1ccc(N)cc1. The van der Waals surface area contributed by atoms with Crippen molar-refractivity contribution in [1.29, 1.82) is 0 Å². The van der Waals surface area contributed by atoms with E-state index >= 15 is 0 Å². The molecule has 1 amide bonds. The van der Waals surface area contributed by atoms with Crippen LogP contribution in [0.4, 0.5) is 5.69 Å². The van der Waals surface area contributed by atoms with E-state index in [-0.39, 0.29) is 11.9 Å². The normalized spacial score (nSPS) is 11.8. The van der Waals surface area contributed by atoms with Gasteiger partial charge in [-0.2, -0.15) is 0 Å². The predicted molar refractivity (Wildman–Crippen MR) is 73.2 cm³/mol. The van der Waals surface area contributed by atoms with Crippen molar-refractivity contribution in [3.8, 4) is 0 Å². The summed E-state index contributed by atoms with van der Waals surface area (Å²) in [7, 11) is 0. The topological polar surface area (TPSA) is 55.1 Å². The van der Waals surface area contributed by atoms with Crippen molar-refractivity contribution < 1.29 is 4.79 Å². The molecule has 0 saturated carbocycles. The summed E-state index contributed by atoms with van der Waals surface area (Å²) in [5, 5.41) is 2.95. The molecule has 0 unspecified atom stereocenters. The summed E-state index contributed by atoms with van der Waals surface area (Å²) in [4.78, 5) is 12.0. The molecule has 2 aromatic rings. The molecule has 0 radical (unpaired) electrons. The van der Waals surface area contributed by atoms with E-state index in [1.54, 1.807) is 12.1 Å². The first-order valence-electron chi connectivity index (χ1n) is 5.88. The van der Waals surface area contributed by atoms with Crippen LogP contribution in [0.15, 0.2) is 54.6 Å². The number of amides is 1. The van der Waals surface area contributed by atoms with Crippen molar-refractivity contribution in [1.82, 2.24) is 5.32 Å². The molecule has 0 saturated heterocycles. The van der Waals surface area contributed by atoms with E-state index in [0.29, 0.717) is 5.56 Å². The van der Waals surface area contributed by atoms with E-state index in [1.165, 1.54) is 0 Å². The van der Waals surface area contributed by atoms with E-state index in [2.05, 4.69) is 5.32 Å². The van der Waals surface area contributed by atoms with E-state index < -0.39 is 0 Å². The lowest BCUT2D eigenvalue weighted by molar-refractivity contribution is 0.0940. The number of anilines is 1. The summed E-state index contributed by atoms with van der Waals surface area (Å²) in [5.74, 6) is -0.0695. The average molecular weight is 240 g/mol. The second-order valence-corrected chi connectivity index (χ2v) is 4.23. The first-order chi connectivity index (χ1) is 8.66. The number of nitrogens with two attached hydrogens (primary N) is 1. The van der Waals surface area contributed by atoms with Gasteiger partial charge in [0.15, 0.2) is 0 Å². The summed E-state index contributed by atoms with van der Waals surface area (Å²) in [5.41, 5.74) is 8.06. The molecule has 18 heavy (non-hydrogen) atoms. The number of rotatable bonds is 3. The van der Waals surface area contributed by atoms with Crippen molar-refractivity contribution in [2.45, 2.75) is 13.0 Å². The van der Waals surface area contributed by atoms with Crippen LogP contribution in [-0.2, 0) is 0 Å². The third-order valence-electron chi connectivity index (χ3n) is 2.82. The Morgan fingerprint density at radius 3 is 2.28 bits per heavy atom. The van der Waals surface area contributed by atoms with Crippen LogP contribution in [0.1, 0.15) is 28.9 Å². The van der Waals surface area contributed by atoms with Crippen molar-refractivity contribution in [3.05, 3.63) is 65.7 Å². The Balaban J connectivity index is 2.06. The highest BCUT2D eigenvalue weighted by Gasteiger charge is 2.10. The third kappa shape index (κ3) is 2.88. The fraction of sp³-hybridized carbons (Fsp3) is 0.133. The maximum absolute atomic E-state index is 12.0. The molecule has 0 fully saturated rings. The third-order valence-corrected chi connectivity index (χ3v) is 2.82. The first kappa shape index (κ1) is 12.2. The zero-order valence-corrected chi connectivity index (χ0v) is 10.3. The van der Waals surface area contributed by atoms with Gasteiger partial charge < -0.3 is 11.1 Å². The molecule has 2 aromatic carbocycles. The maximum atomic E-state index is 12.0. The van der Waals surface area contributed by atoms with Crippen LogP contribution in [0.3, 0.4) is 0 Å². The first-order valence-corrected chi connectivity index (χ1v) is 5.88. The molecule has 0 aliphatic rings. The average Bonchev–Trinajstić information content (AvgIpc) is 2.40. The van der Waals surface area contributed by atoms with Gasteiger partial charge in [-0.15, -0.1) is 0 Å². The number of hydrogen-bond donors (Lipinski definition) is 2. The zero-order valence-electron chi connectivity index (χ0n) is 10.3. The molecule has 1 atom stereocenters. The minimum Gasteiger partial charge on any atom is -0.399 e. The van der Waals surface area contributed by atoms with Crippen LogP contribution in [-0.4, -0.2) is 5.91 Å². The highest BCUT2D eigenvalue weighted by atomic mass is 16.1. The van der Waals surface area contributed by atoms with Gasteiger partial charge in [-0.1, -0.05) is 30.3 Å². The molecule has 0 aromatic heterocycles. The fourth-order valence-corrected chi connectivity index (χ4v) is 1.74. The molecule has 92 valence electrons. The molecule has 0 aliphatic heterocycles. The van der Waals surface area contributed by atoms with E-state index in [4.69, 9.17) is 5.73 Å².